The van der Waals surface area contributed by atoms with Crippen molar-refractivity contribution < 1.29 is 28.7 Å². The summed E-state index contributed by atoms with van der Waals surface area (Å²) in [7, 11) is 1.60. The molecule has 12 nitrogen and oxygen atoms in total. The molecule has 4 rings (SSSR count). The Morgan fingerprint density at radius 3 is 2.40 bits per heavy atom. The fourth-order valence-electron chi connectivity index (χ4n) is 6.20. The van der Waals surface area contributed by atoms with Gasteiger partial charge >= 0.3 is 5.97 Å². The van der Waals surface area contributed by atoms with Gasteiger partial charge in [0.2, 0.25) is 23.6 Å². The van der Waals surface area contributed by atoms with Gasteiger partial charge in [-0.2, -0.15) is 0 Å². The quantitative estimate of drug-likeness (QED) is 0.109. The number of H-pyrrole nitrogens is 1. The minimum absolute atomic E-state index is 0.00707. The first-order chi connectivity index (χ1) is 23.0. The normalized spacial score (nSPS) is 17.6. The third kappa shape index (κ3) is 10.4. The van der Waals surface area contributed by atoms with Crippen LogP contribution in [0.2, 0.25) is 0 Å². The fraction of sp³-hybridized carbons (Fsp3) is 0.472. The zero-order chi connectivity index (χ0) is 34.6. The number of likely N-dealkylation sites (N-methyl/N-ethyl adjacent to an activating group) is 1. The summed E-state index contributed by atoms with van der Waals surface area (Å²) >= 11 is 0. The van der Waals surface area contributed by atoms with Crippen LogP contribution in [-0.2, 0) is 41.6 Å². The molecule has 1 aliphatic heterocycles. The van der Waals surface area contributed by atoms with Crippen LogP contribution in [0.15, 0.2) is 60.8 Å². The van der Waals surface area contributed by atoms with Gasteiger partial charge in [-0.1, -0.05) is 55.0 Å². The van der Waals surface area contributed by atoms with Crippen LogP contribution in [0.1, 0.15) is 63.5 Å². The fourth-order valence-corrected chi connectivity index (χ4v) is 6.20. The van der Waals surface area contributed by atoms with E-state index in [1.165, 1.54) is 11.8 Å². The standard InChI is InChI=1S/C36H48N6O6/c1-23-31(21-35(46)48-23)41-33(44)19-27(13-9-10-16-37)40-36(47)32(18-26-22-38-30-15-8-7-14-29(26)30)42(3)34(45)20-28(39-24(2)43)17-25-11-5-4-6-12-25/h4-8,11-12,14-15,22-23,27-28,31-32,38H,9-10,13,16-21,37H2,1-3H3,(H,39,43)(H,40,47)(H,41,44)/t23-,27+,28+,31-,32-/m1/s1. The summed E-state index contributed by atoms with van der Waals surface area (Å²) in [5.74, 6) is -1.62. The number of esters is 1. The lowest BCUT2D eigenvalue weighted by molar-refractivity contribution is -0.141. The second kappa shape index (κ2) is 17.4. The highest BCUT2D eigenvalue weighted by Crippen LogP contribution is 2.22. The Hall–Kier alpha value is -4.71. The topological polar surface area (TPSA) is 176 Å². The van der Waals surface area contributed by atoms with Gasteiger partial charge in [-0.15, -0.1) is 0 Å². The number of para-hydroxylation sites is 1. The predicted molar refractivity (Wildman–Crippen MR) is 182 cm³/mol. The molecule has 6 N–H and O–H groups in total. The van der Waals surface area contributed by atoms with Crippen LogP contribution in [-0.4, -0.2) is 83.3 Å². The zero-order valence-corrected chi connectivity index (χ0v) is 28.0. The maximum Gasteiger partial charge on any atom is 0.308 e. The van der Waals surface area contributed by atoms with Crippen molar-refractivity contribution in [2.24, 2.45) is 5.73 Å². The number of rotatable bonds is 17. The molecule has 3 aromatic rings. The number of hydrogen-bond acceptors (Lipinski definition) is 7. The average Bonchev–Trinajstić information content (AvgIpc) is 3.60. The van der Waals surface area contributed by atoms with Gasteiger partial charge in [0.05, 0.1) is 12.5 Å². The number of nitrogens with one attached hydrogen (secondary N) is 4. The number of carbonyl (C=O) groups is 5. The number of fused-ring (bicyclic) bond motifs is 1. The van der Waals surface area contributed by atoms with Crippen LogP contribution < -0.4 is 21.7 Å². The Labute approximate surface area is 281 Å². The predicted octanol–water partition coefficient (Wildman–Crippen LogP) is 2.50. The molecule has 48 heavy (non-hydrogen) atoms. The Bertz CT molecular complexity index is 1560. The second-order valence-electron chi connectivity index (χ2n) is 12.6. The number of nitrogens with two attached hydrogens (primary N) is 1. The van der Waals surface area contributed by atoms with Crippen molar-refractivity contribution >= 4 is 40.5 Å². The first-order valence-corrected chi connectivity index (χ1v) is 16.6. The van der Waals surface area contributed by atoms with E-state index in [1.54, 1.807) is 14.0 Å². The lowest BCUT2D eigenvalue weighted by atomic mass is 9.99. The highest BCUT2D eigenvalue weighted by molar-refractivity contribution is 5.90. The van der Waals surface area contributed by atoms with Crippen molar-refractivity contribution in [2.75, 3.05) is 13.6 Å². The molecule has 1 aliphatic rings. The zero-order valence-electron chi connectivity index (χ0n) is 28.0. The smallest absolute Gasteiger partial charge is 0.308 e. The number of carbonyl (C=O) groups excluding carboxylic acids is 5. The van der Waals surface area contributed by atoms with Crippen molar-refractivity contribution in [1.29, 1.82) is 0 Å². The molecule has 2 heterocycles. The van der Waals surface area contributed by atoms with E-state index in [0.717, 1.165) is 28.5 Å². The van der Waals surface area contributed by atoms with Crippen molar-refractivity contribution in [1.82, 2.24) is 25.8 Å². The molecule has 1 fully saturated rings. The second-order valence-corrected chi connectivity index (χ2v) is 12.6. The molecule has 0 unspecified atom stereocenters. The minimum Gasteiger partial charge on any atom is -0.460 e. The van der Waals surface area contributed by atoms with Crippen LogP contribution in [0.5, 0.6) is 0 Å². The summed E-state index contributed by atoms with van der Waals surface area (Å²) in [6, 6.07) is 15.0. The van der Waals surface area contributed by atoms with E-state index in [-0.39, 0.29) is 49.4 Å². The molecule has 12 heteroatoms. The van der Waals surface area contributed by atoms with Gasteiger partial charge in [0, 0.05) is 62.4 Å². The lowest BCUT2D eigenvalue weighted by Gasteiger charge is -2.31. The lowest BCUT2D eigenvalue weighted by Crippen LogP contribution is -2.53. The molecule has 0 spiro atoms. The summed E-state index contributed by atoms with van der Waals surface area (Å²) in [5.41, 5.74) is 8.48. The Kier molecular flexibility index (Phi) is 13.1. The van der Waals surface area contributed by atoms with Gasteiger partial charge < -0.3 is 36.3 Å². The van der Waals surface area contributed by atoms with Gasteiger partial charge in [-0.25, -0.2) is 0 Å². The number of hydrogen-bond donors (Lipinski definition) is 5. The van der Waals surface area contributed by atoms with E-state index in [0.29, 0.717) is 25.8 Å². The highest BCUT2D eigenvalue weighted by Gasteiger charge is 2.34. The van der Waals surface area contributed by atoms with E-state index in [9.17, 15) is 24.0 Å². The molecule has 4 amide bonds. The monoisotopic (exact) mass is 660 g/mol. The van der Waals surface area contributed by atoms with E-state index < -0.39 is 36.2 Å². The van der Waals surface area contributed by atoms with E-state index in [4.69, 9.17) is 10.5 Å². The molecule has 0 saturated carbocycles. The van der Waals surface area contributed by atoms with Crippen LogP contribution in [0.4, 0.5) is 0 Å². The molecule has 0 bridgehead atoms. The number of nitrogens with zero attached hydrogens (tertiary/aromatic N) is 1. The van der Waals surface area contributed by atoms with Gasteiger partial charge in [-0.05, 0) is 49.9 Å². The minimum atomic E-state index is -0.910. The number of benzene rings is 2. The summed E-state index contributed by atoms with van der Waals surface area (Å²) in [6.07, 6.45) is 4.08. The number of cyclic esters (lactones) is 1. The third-order valence-electron chi connectivity index (χ3n) is 8.81. The maximum absolute atomic E-state index is 14.2. The van der Waals surface area contributed by atoms with Crippen LogP contribution in [0, 0.1) is 0 Å². The Morgan fingerprint density at radius 2 is 1.71 bits per heavy atom. The summed E-state index contributed by atoms with van der Waals surface area (Å²) in [4.78, 5) is 69.6. The van der Waals surface area contributed by atoms with E-state index in [2.05, 4.69) is 20.9 Å². The van der Waals surface area contributed by atoms with Crippen molar-refractivity contribution in [3.8, 4) is 0 Å². The summed E-state index contributed by atoms with van der Waals surface area (Å²) < 4.78 is 5.17. The number of aromatic amines is 1. The van der Waals surface area contributed by atoms with Crippen molar-refractivity contribution in [3.05, 3.63) is 71.9 Å². The van der Waals surface area contributed by atoms with Crippen LogP contribution >= 0.6 is 0 Å². The van der Waals surface area contributed by atoms with Crippen LogP contribution in [0.25, 0.3) is 10.9 Å². The summed E-state index contributed by atoms with van der Waals surface area (Å²) in [5, 5.41) is 9.77. The van der Waals surface area contributed by atoms with Gasteiger partial charge in [0.1, 0.15) is 12.1 Å². The number of ether oxygens (including phenoxy) is 1. The van der Waals surface area contributed by atoms with Crippen LogP contribution in [0.3, 0.4) is 0 Å². The molecule has 1 saturated heterocycles. The Morgan fingerprint density at radius 1 is 0.979 bits per heavy atom. The molecule has 258 valence electrons. The van der Waals surface area contributed by atoms with Gasteiger partial charge in [0.25, 0.3) is 0 Å². The molecular formula is C36H48N6O6. The van der Waals surface area contributed by atoms with Gasteiger partial charge in [0.15, 0.2) is 0 Å². The molecule has 2 aromatic carbocycles. The molecule has 0 aliphatic carbocycles. The number of amides is 4. The molecule has 5 atom stereocenters. The third-order valence-corrected chi connectivity index (χ3v) is 8.81. The first-order valence-electron chi connectivity index (χ1n) is 16.6. The van der Waals surface area contributed by atoms with E-state index >= 15 is 0 Å². The number of unbranched alkanes of at least 4 members (excludes halogenated alkanes) is 1. The average molecular weight is 661 g/mol. The van der Waals surface area contributed by atoms with Crippen molar-refractivity contribution in [2.45, 2.75) is 95.5 Å². The molecule has 1 aromatic heterocycles. The maximum atomic E-state index is 14.2. The van der Waals surface area contributed by atoms with Crippen molar-refractivity contribution in [3.63, 3.8) is 0 Å². The summed E-state index contributed by atoms with van der Waals surface area (Å²) in [6.45, 7) is 3.62. The molecular weight excluding hydrogens is 612 g/mol. The largest absolute Gasteiger partial charge is 0.460 e. The molecule has 0 radical (unpaired) electrons. The SMILES string of the molecule is CC(=O)N[C@H](CC(=O)N(C)[C@H](Cc1c[nH]c2ccccc12)C(=O)N[C@@H](CCCCN)CC(=O)N[C@@H]1CC(=O)O[C@@H]1C)Cc1ccccc1. The number of aromatic nitrogens is 1. The van der Waals surface area contributed by atoms with Gasteiger partial charge in [-0.3, -0.25) is 24.0 Å². The Balaban J connectivity index is 1.54. The van der Waals surface area contributed by atoms with E-state index in [1.807, 2.05) is 60.8 Å². The first kappa shape index (κ1) is 36.1. The highest BCUT2D eigenvalue weighted by atomic mass is 16.6.